The lowest BCUT2D eigenvalue weighted by molar-refractivity contribution is -0.136. The van der Waals surface area contributed by atoms with Gasteiger partial charge >= 0.3 is 11.8 Å². The molecule has 1 saturated heterocycles. The molecule has 1 aromatic rings. The molecule has 0 aromatic carbocycles. The molecule has 0 atom stereocenters. The van der Waals surface area contributed by atoms with Crippen molar-refractivity contribution < 1.29 is 19.2 Å². The van der Waals surface area contributed by atoms with E-state index in [2.05, 4.69) is 15.6 Å². The van der Waals surface area contributed by atoms with E-state index in [0.29, 0.717) is 0 Å². The summed E-state index contributed by atoms with van der Waals surface area (Å²) in [5.74, 6) is -1.62. The number of carbonyl (C=O) groups excluding carboxylic acids is 4. The Labute approximate surface area is 130 Å². The first-order valence-electron chi connectivity index (χ1n) is 6.46. The van der Waals surface area contributed by atoms with Crippen molar-refractivity contribution in [3.8, 4) is 0 Å². The molecule has 4 amide bonds. The van der Waals surface area contributed by atoms with Gasteiger partial charge in [0.25, 0.3) is 5.24 Å². The highest BCUT2D eigenvalue weighted by molar-refractivity contribution is 8.14. The standard InChI is InChI=1S/C13H14N4O4S/c1-8-2-3-9(15-6-8)16-12(20)11(19)14-4-5-17-10(18)7-22-13(17)21/h2-3,6H,4-5,7H2,1H3,(H,14,19)(H,15,16,20). The average molecular weight is 322 g/mol. The van der Waals surface area contributed by atoms with E-state index >= 15 is 0 Å². The number of aryl methyl sites for hydroxylation is 1. The fourth-order valence-corrected chi connectivity index (χ4v) is 2.43. The number of hydrogen-bond donors (Lipinski definition) is 2. The molecule has 1 fully saturated rings. The molecule has 0 spiro atoms. The van der Waals surface area contributed by atoms with Crippen molar-refractivity contribution in [1.82, 2.24) is 15.2 Å². The largest absolute Gasteiger partial charge is 0.346 e. The van der Waals surface area contributed by atoms with Gasteiger partial charge in [0.2, 0.25) is 5.91 Å². The topological polar surface area (TPSA) is 108 Å². The molecule has 0 radical (unpaired) electrons. The van der Waals surface area contributed by atoms with Crippen LogP contribution < -0.4 is 10.6 Å². The quantitative estimate of drug-likeness (QED) is 0.763. The summed E-state index contributed by atoms with van der Waals surface area (Å²) in [5.41, 5.74) is 0.931. The van der Waals surface area contributed by atoms with Gasteiger partial charge in [0.05, 0.1) is 5.75 Å². The maximum absolute atomic E-state index is 11.6. The normalized spacial score (nSPS) is 14.1. The van der Waals surface area contributed by atoms with Crippen LogP contribution in [-0.4, -0.2) is 51.7 Å². The molecule has 9 heteroatoms. The van der Waals surface area contributed by atoms with Gasteiger partial charge in [0.1, 0.15) is 5.82 Å². The van der Waals surface area contributed by atoms with Gasteiger partial charge in [-0.25, -0.2) is 4.98 Å². The summed E-state index contributed by atoms with van der Waals surface area (Å²) in [6.07, 6.45) is 1.57. The second-order valence-electron chi connectivity index (χ2n) is 4.53. The average Bonchev–Trinajstić information content (AvgIpc) is 2.81. The van der Waals surface area contributed by atoms with Crippen LogP contribution in [0, 0.1) is 6.92 Å². The summed E-state index contributed by atoms with van der Waals surface area (Å²) >= 11 is 0.919. The highest BCUT2D eigenvalue weighted by Crippen LogP contribution is 2.17. The molecule has 8 nitrogen and oxygen atoms in total. The Hall–Kier alpha value is -2.42. The summed E-state index contributed by atoms with van der Waals surface area (Å²) in [5, 5.41) is 4.36. The number of hydrogen-bond acceptors (Lipinski definition) is 6. The summed E-state index contributed by atoms with van der Waals surface area (Å²) in [7, 11) is 0. The van der Waals surface area contributed by atoms with Gasteiger partial charge in [0, 0.05) is 19.3 Å². The van der Waals surface area contributed by atoms with Crippen LogP contribution in [0.4, 0.5) is 10.6 Å². The number of imide groups is 1. The lowest BCUT2D eigenvalue weighted by atomic mass is 10.3. The molecule has 0 bridgehead atoms. The first-order valence-corrected chi connectivity index (χ1v) is 7.45. The van der Waals surface area contributed by atoms with Crippen molar-refractivity contribution in [2.75, 3.05) is 24.2 Å². The van der Waals surface area contributed by atoms with E-state index in [1.165, 1.54) is 0 Å². The van der Waals surface area contributed by atoms with E-state index in [9.17, 15) is 19.2 Å². The molecule has 22 heavy (non-hydrogen) atoms. The Morgan fingerprint density at radius 1 is 1.32 bits per heavy atom. The third-order valence-corrected chi connectivity index (χ3v) is 3.68. The molecule has 2 heterocycles. The Balaban J connectivity index is 1.77. The Morgan fingerprint density at radius 2 is 2.09 bits per heavy atom. The molecular formula is C13H14N4O4S. The van der Waals surface area contributed by atoms with Crippen LogP contribution >= 0.6 is 11.8 Å². The lowest BCUT2D eigenvalue weighted by Gasteiger charge is -2.12. The second-order valence-corrected chi connectivity index (χ2v) is 5.46. The third-order valence-electron chi connectivity index (χ3n) is 2.82. The lowest BCUT2D eigenvalue weighted by Crippen LogP contribution is -2.41. The van der Waals surface area contributed by atoms with Crippen molar-refractivity contribution in [1.29, 1.82) is 0 Å². The van der Waals surface area contributed by atoms with Crippen molar-refractivity contribution in [3.05, 3.63) is 23.9 Å². The Kier molecular flexibility index (Phi) is 5.10. The van der Waals surface area contributed by atoms with Crippen LogP contribution in [0.3, 0.4) is 0 Å². The minimum absolute atomic E-state index is 0.0195. The van der Waals surface area contributed by atoms with Gasteiger partial charge < -0.3 is 10.6 Å². The molecule has 1 aliphatic heterocycles. The number of amides is 4. The fraction of sp³-hybridized carbons (Fsp3) is 0.308. The van der Waals surface area contributed by atoms with Crippen LogP contribution in [0.1, 0.15) is 5.56 Å². The van der Waals surface area contributed by atoms with E-state index in [1.54, 1.807) is 18.3 Å². The molecule has 0 saturated carbocycles. The summed E-state index contributed by atoms with van der Waals surface area (Å²) < 4.78 is 0. The highest BCUT2D eigenvalue weighted by atomic mass is 32.2. The third kappa shape index (κ3) is 4.04. The first kappa shape index (κ1) is 16.0. The van der Waals surface area contributed by atoms with E-state index in [4.69, 9.17) is 0 Å². The first-order chi connectivity index (χ1) is 10.5. The van der Waals surface area contributed by atoms with Crippen LogP contribution in [0.15, 0.2) is 18.3 Å². The minimum Gasteiger partial charge on any atom is -0.346 e. The SMILES string of the molecule is Cc1ccc(NC(=O)C(=O)NCCN2C(=O)CSC2=O)nc1. The minimum atomic E-state index is -0.857. The van der Waals surface area contributed by atoms with Gasteiger partial charge in [-0.05, 0) is 18.6 Å². The molecular weight excluding hydrogens is 308 g/mol. The van der Waals surface area contributed by atoms with Gasteiger partial charge in [-0.15, -0.1) is 0 Å². The van der Waals surface area contributed by atoms with E-state index in [0.717, 1.165) is 22.2 Å². The van der Waals surface area contributed by atoms with Gasteiger partial charge in [-0.3, -0.25) is 24.1 Å². The number of nitrogens with zero attached hydrogens (tertiary/aromatic N) is 2. The maximum Gasteiger partial charge on any atom is 0.314 e. The fourth-order valence-electron chi connectivity index (χ4n) is 1.67. The molecule has 1 aromatic heterocycles. The number of nitrogens with one attached hydrogen (secondary N) is 2. The predicted octanol–water partition coefficient (Wildman–Crippen LogP) is 0.140. The zero-order chi connectivity index (χ0) is 16.1. The van der Waals surface area contributed by atoms with Gasteiger partial charge in [0.15, 0.2) is 0 Å². The van der Waals surface area contributed by atoms with Crippen molar-refractivity contribution in [2.24, 2.45) is 0 Å². The van der Waals surface area contributed by atoms with Crippen molar-refractivity contribution in [2.45, 2.75) is 6.92 Å². The molecule has 0 unspecified atom stereocenters. The van der Waals surface area contributed by atoms with E-state index in [1.807, 2.05) is 6.92 Å². The second kappa shape index (κ2) is 7.03. The molecule has 116 valence electrons. The highest BCUT2D eigenvalue weighted by Gasteiger charge is 2.29. The maximum atomic E-state index is 11.6. The number of thioether (sulfide) groups is 1. The number of pyridine rings is 1. The smallest absolute Gasteiger partial charge is 0.314 e. The van der Waals surface area contributed by atoms with Crippen LogP contribution in [-0.2, 0) is 14.4 Å². The van der Waals surface area contributed by atoms with Crippen molar-refractivity contribution in [3.63, 3.8) is 0 Å². The summed E-state index contributed by atoms with van der Waals surface area (Å²) in [6.45, 7) is 1.92. The number of carbonyl (C=O) groups is 4. The Bertz CT molecular complexity index is 601. The molecule has 1 aliphatic rings. The zero-order valence-electron chi connectivity index (χ0n) is 11.8. The monoisotopic (exact) mass is 322 g/mol. The van der Waals surface area contributed by atoms with Crippen LogP contribution in [0.5, 0.6) is 0 Å². The van der Waals surface area contributed by atoms with Gasteiger partial charge in [-0.2, -0.15) is 0 Å². The zero-order valence-corrected chi connectivity index (χ0v) is 12.6. The van der Waals surface area contributed by atoms with E-state index in [-0.39, 0.29) is 35.8 Å². The molecule has 0 aliphatic carbocycles. The number of aromatic nitrogens is 1. The number of rotatable bonds is 4. The Morgan fingerprint density at radius 3 is 2.68 bits per heavy atom. The molecule has 2 N–H and O–H groups in total. The van der Waals surface area contributed by atoms with Crippen LogP contribution in [0.25, 0.3) is 0 Å². The molecule has 2 rings (SSSR count). The summed E-state index contributed by atoms with van der Waals surface area (Å²) in [4.78, 5) is 50.9. The van der Waals surface area contributed by atoms with E-state index < -0.39 is 11.8 Å². The number of anilines is 1. The van der Waals surface area contributed by atoms with Crippen LogP contribution in [0.2, 0.25) is 0 Å². The van der Waals surface area contributed by atoms with Gasteiger partial charge in [-0.1, -0.05) is 17.8 Å². The van der Waals surface area contributed by atoms with Crippen molar-refractivity contribution >= 4 is 40.5 Å². The summed E-state index contributed by atoms with van der Waals surface area (Å²) in [6, 6.07) is 3.34. The predicted molar refractivity (Wildman–Crippen MR) is 80.2 cm³/mol.